The molecule has 1 aromatic carbocycles. The van der Waals surface area contributed by atoms with Gasteiger partial charge in [0.05, 0.1) is 21.5 Å². The summed E-state index contributed by atoms with van der Waals surface area (Å²) in [7, 11) is 0. The third-order valence-corrected chi connectivity index (χ3v) is 2.66. The molecule has 0 N–H and O–H groups in total. The van der Waals surface area contributed by atoms with Gasteiger partial charge in [-0.15, -0.1) is 11.6 Å². The average Bonchev–Trinajstić information content (AvgIpc) is 2.26. The molecular formula is C8H4Cl2N2O5. The fourth-order valence-corrected chi connectivity index (χ4v) is 1.44. The number of non-ortho nitro benzene ring substituents is 1. The van der Waals surface area contributed by atoms with E-state index in [2.05, 4.69) is 0 Å². The molecule has 0 aliphatic rings. The number of carbonyl (C=O) groups is 1. The molecule has 9 heteroatoms. The molecule has 7 nitrogen and oxygen atoms in total. The van der Waals surface area contributed by atoms with Crippen molar-refractivity contribution in [3.8, 4) is 0 Å². The second-order valence-electron chi connectivity index (χ2n) is 2.92. The van der Waals surface area contributed by atoms with E-state index in [0.717, 1.165) is 18.2 Å². The van der Waals surface area contributed by atoms with E-state index in [0.29, 0.717) is 0 Å². The Kier molecular flexibility index (Phi) is 3.97. The zero-order chi connectivity index (χ0) is 13.2. The molecule has 0 amide bonds. The average molecular weight is 279 g/mol. The molecule has 0 saturated heterocycles. The lowest BCUT2D eigenvalue weighted by atomic mass is 10.1. The summed E-state index contributed by atoms with van der Waals surface area (Å²) in [5.41, 5.74) is -1.26. The number of alkyl halides is 1. The van der Waals surface area contributed by atoms with Gasteiger partial charge in [-0.3, -0.25) is 25.0 Å². The molecule has 0 bridgehead atoms. The number of hydrogen-bond acceptors (Lipinski definition) is 5. The molecule has 1 aromatic rings. The number of halogens is 2. The van der Waals surface area contributed by atoms with Gasteiger partial charge in [-0.05, 0) is 17.7 Å². The molecule has 0 aliphatic heterocycles. The van der Waals surface area contributed by atoms with Gasteiger partial charge in [0.15, 0.2) is 0 Å². The highest BCUT2D eigenvalue weighted by Crippen LogP contribution is 2.33. The van der Waals surface area contributed by atoms with Crippen LogP contribution in [0.2, 0.25) is 0 Å². The summed E-state index contributed by atoms with van der Waals surface area (Å²) in [6.07, 6.45) is 0. The fourth-order valence-electron chi connectivity index (χ4n) is 1.14. The van der Waals surface area contributed by atoms with Crippen LogP contribution < -0.4 is 0 Å². The summed E-state index contributed by atoms with van der Waals surface area (Å²) in [5.74, 6) is 0. The Balaban J connectivity index is 3.37. The van der Waals surface area contributed by atoms with Crippen LogP contribution in [0, 0.1) is 20.2 Å². The second kappa shape index (κ2) is 5.07. The smallest absolute Gasteiger partial charge is 0.279 e. The number of nitrogens with zero attached hydrogens (tertiary/aromatic N) is 2. The molecule has 90 valence electrons. The molecule has 0 spiro atoms. The van der Waals surface area contributed by atoms with Gasteiger partial charge in [0.1, 0.15) is 5.38 Å². The second-order valence-corrected chi connectivity index (χ2v) is 3.73. The summed E-state index contributed by atoms with van der Waals surface area (Å²) in [4.78, 5) is 30.3. The predicted octanol–water partition coefficient (Wildman–Crippen LogP) is 2.55. The summed E-state index contributed by atoms with van der Waals surface area (Å²) in [6.45, 7) is 0. The lowest BCUT2D eigenvalue weighted by molar-refractivity contribution is -0.394. The Morgan fingerprint density at radius 3 is 2.24 bits per heavy atom. The highest BCUT2D eigenvalue weighted by atomic mass is 35.5. The van der Waals surface area contributed by atoms with Crippen molar-refractivity contribution in [3.63, 3.8) is 0 Å². The van der Waals surface area contributed by atoms with Gasteiger partial charge in [-0.25, -0.2) is 0 Å². The molecule has 0 aliphatic carbocycles. The molecule has 0 saturated carbocycles. The van der Waals surface area contributed by atoms with Gasteiger partial charge in [-0.2, -0.15) is 0 Å². The summed E-state index contributed by atoms with van der Waals surface area (Å²) < 4.78 is 0. The number of carbonyl (C=O) groups excluding carboxylic acids is 1. The first-order chi connectivity index (χ1) is 7.84. The van der Waals surface area contributed by atoms with E-state index in [1.807, 2.05) is 0 Å². The van der Waals surface area contributed by atoms with E-state index in [-0.39, 0.29) is 5.56 Å². The van der Waals surface area contributed by atoms with Crippen molar-refractivity contribution in [2.75, 3.05) is 0 Å². The maximum absolute atomic E-state index is 10.8. The molecule has 1 rings (SSSR count). The van der Waals surface area contributed by atoms with Crippen molar-refractivity contribution in [3.05, 3.63) is 44.0 Å². The van der Waals surface area contributed by atoms with E-state index in [9.17, 15) is 25.0 Å². The van der Waals surface area contributed by atoms with Gasteiger partial charge < -0.3 is 0 Å². The summed E-state index contributed by atoms with van der Waals surface area (Å²) in [5, 5.41) is 18.7. The van der Waals surface area contributed by atoms with Crippen molar-refractivity contribution >= 4 is 39.8 Å². The van der Waals surface area contributed by atoms with Crippen LogP contribution in [0.1, 0.15) is 10.9 Å². The topological polar surface area (TPSA) is 103 Å². The molecule has 0 aromatic heterocycles. The van der Waals surface area contributed by atoms with Crippen LogP contribution in [-0.2, 0) is 4.79 Å². The number of hydrogen-bond donors (Lipinski definition) is 0. The molecule has 1 unspecified atom stereocenters. The van der Waals surface area contributed by atoms with Gasteiger partial charge in [0, 0.05) is 6.07 Å². The SMILES string of the molecule is O=C(Cl)C(Cl)c1ccc([N+](=O)[O-])cc1[N+](=O)[O-]. The first kappa shape index (κ1) is 13.3. The highest BCUT2D eigenvalue weighted by molar-refractivity contribution is 6.69. The first-order valence-corrected chi connectivity index (χ1v) is 4.92. The third-order valence-electron chi connectivity index (χ3n) is 1.89. The van der Waals surface area contributed by atoms with Crippen LogP contribution in [-0.4, -0.2) is 15.1 Å². The van der Waals surface area contributed by atoms with E-state index >= 15 is 0 Å². The van der Waals surface area contributed by atoms with E-state index in [1.165, 1.54) is 0 Å². The quantitative estimate of drug-likeness (QED) is 0.364. The maximum atomic E-state index is 10.8. The molecule has 0 fully saturated rings. The van der Waals surface area contributed by atoms with Crippen molar-refractivity contribution in [2.24, 2.45) is 0 Å². The number of benzene rings is 1. The lowest BCUT2D eigenvalue weighted by Crippen LogP contribution is -2.04. The zero-order valence-corrected chi connectivity index (χ0v) is 9.51. The van der Waals surface area contributed by atoms with Crippen molar-refractivity contribution < 1.29 is 14.6 Å². The molecule has 17 heavy (non-hydrogen) atoms. The minimum Gasteiger partial charge on any atom is -0.279 e. The Morgan fingerprint density at radius 1 is 1.24 bits per heavy atom. The minimum absolute atomic E-state index is 0.178. The van der Waals surface area contributed by atoms with E-state index < -0.39 is 31.8 Å². The van der Waals surface area contributed by atoms with Crippen LogP contribution >= 0.6 is 23.2 Å². The maximum Gasteiger partial charge on any atom is 0.281 e. The highest BCUT2D eigenvalue weighted by Gasteiger charge is 2.27. The Bertz CT molecular complexity index is 505. The van der Waals surface area contributed by atoms with Gasteiger partial charge >= 0.3 is 0 Å². The van der Waals surface area contributed by atoms with Crippen LogP contribution in [0.3, 0.4) is 0 Å². The van der Waals surface area contributed by atoms with Crippen LogP contribution in [0.15, 0.2) is 18.2 Å². The monoisotopic (exact) mass is 278 g/mol. The Hall–Kier alpha value is -1.73. The molecular weight excluding hydrogens is 275 g/mol. The van der Waals surface area contributed by atoms with Crippen molar-refractivity contribution in [1.82, 2.24) is 0 Å². The van der Waals surface area contributed by atoms with Gasteiger partial charge in [0.2, 0.25) is 5.24 Å². The number of nitro groups is 2. The normalized spacial score (nSPS) is 11.9. The molecule has 0 radical (unpaired) electrons. The van der Waals surface area contributed by atoms with E-state index in [4.69, 9.17) is 23.2 Å². The van der Waals surface area contributed by atoms with E-state index in [1.54, 1.807) is 0 Å². The molecule has 1 atom stereocenters. The zero-order valence-electron chi connectivity index (χ0n) is 8.00. The van der Waals surface area contributed by atoms with Crippen LogP contribution in [0.4, 0.5) is 11.4 Å². The standard InChI is InChI=1S/C8H4Cl2N2O5/c9-7(8(10)13)5-2-1-4(11(14)15)3-6(5)12(16)17/h1-3,7H. The summed E-state index contributed by atoms with van der Waals surface area (Å²) in [6, 6.07) is 2.77. The molecule has 0 heterocycles. The largest absolute Gasteiger partial charge is 0.281 e. The Labute approximate surface area is 104 Å². The Morgan fingerprint density at radius 2 is 1.82 bits per heavy atom. The summed E-state index contributed by atoms with van der Waals surface area (Å²) >= 11 is 10.7. The predicted molar refractivity (Wildman–Crippen MR) is 59.2 cm³/mol. The van der Waals surface area contributed by atoms with Crippen molar-refractivity contribution in [1.29, 1.82) is 0 Å². The minimum atomic E-state index is -1.42. The third kappa shape index (κ3) is 2.89. The van der Waals surface area contributed by atoms with Crippen molar-refractivity contribution in [2.45, 2.75) is 5.38 Å². The lowest BCUT2D eigenvalue weighted by Gasteiger charge is -2.05. The number of nitro benzene ring substituents is 2. The van der Waals surface area contributed by atoms with Gasteiger partial charge in [-0.1, -0.05) is 0 Å². The fraction of sp³-hybridized carbons (Fsp3) is 0.125. The number of rotatable bonds is 4. The van der Waals surface area contributed by atoms with Crippen LogP contribution in [0.5, 0.6) is 0 Å². The first-order valence-electron chi connectivity index (χ1n) is 4.10. The van der Waals surface area contributed by atoms with Crippen LogP contribution in [0.25, 0.3) is 0 Å². The van der Waals surface area contributed by atoms with Gasteiger partial charge in [0.25, 0.3) is 11.4 Å².